The number of likely N-dealkylation sites (N-methyl/N-ethyl adjacent to an activating group) is 1. The van der Waals surface area contributed by atoms with Crippen LogP contribution in [-0.4, -0.2) is 43.4 Å². The molecule has 0 radical (unpaired) electrons. The number of rotatable bonds is 6. The second-order valence-corrected chi connectivity index (χ2v) is 6.68. The second-order valence-electron chi connectivity index (χ2n) is 6.68. The summed E-state index contributed by atoms with van der Waals surface area (Å²) in [6, 6.07) is 5.14. The van der Waals surface area contributed by atoms with Crippen LogP contribution in [0.3, 0.4) is 0 Å². The topological polar surface area (TPSA) is 56.7 Å². The average Bonchev–Trinajstić information content (AvgIpc) is 2.56. The maximum absolute atomic E-state index is 12.8. The first kappa shape index (κ1) is 21.8. The van der Waals surface area contributed by atoms with Gasteiger partial charge in [0.05, 0.1) is 18.7 Å². The summed E-state index contributed by atoms with van der Waals surface area (Å²) in [5.41, 5.74) is -0.261. The SMILES string of the molecule is CC(C)C(C)NC(=NCc1cccc(C(F)(F)F)c1)NCC(=O)N(C)C. The van der Waals surface area contributed by atoms with E-state index in [0.29, 0.717) is 17.4 Å². The molecular formula is C18H27F3N4O. The highest BCUT2D eigenvalue weighted by Gasteiger charge is 2.30. The third-order valence-electron chi connectivity index (χ3n) is 3.94. The molecule has 26 heavy (non-hydrogen) atoms. The fourth-order valence-corrected chi connectivity index (χ4v) is 1.87. The highest BCUT2D eigenvalue weighted by Crippen LogP contribution is 2.29. The summed E-state index contributed by atoms with van der Waals surface area (Å²) < 4.78 is 38.4. The molecule has 1 rings (SSSR count). The molecule has 0 aliphatic heterocycles. The summed E-state index contributed by atoms with van der Waals surface area (Å²) in [5.74, 6) is 0.578. The molecular weight excluding hydrogens is 345 g/mol. The van der Waals surface area contributed by atoms with E-state index in [1.54, 1.807) is 20.2 Å². The monoisotopic (exact) mass is 372 g/mol. The summed E-state index contributed by atoms with van der Waals surface area (Å²) in [6.45, 7) is 6.16. The Morgan fingerprint density at radius 3 is 2.42 bits per heavy atom. The largest absolute Gasteiger partial charge is 0.416 e. The van der Waals surface area contributed by atoms with Crippen LogP contribution in [0.5, 0.6) is 0 Å². The predicted molar refractivity (Wildman–Crippen MR) is 96.7 cm³/mol. The van der Waals surface area contributed by atoms with Crippen molar-refractivity contribution in [3.63, 3.8) is 0 Å². The molecule has 0 fully saturated rings. The molecule has 0 aliphatic carbocycles. The van der Waals surface area contributed by atoms with Gasteiger partial charge in [-0.2, -0.15) is 13.2 Å². The van der Waals surface area contributed by atoms with Crippen LogP contribution in [0.4, 0.5) is 13.2 Å². The van der Waals surface area contributed by atoms with Crippen molar-refractivity contribution in [2.75, 3.05) is 20.6 Å². The Morgan fingerprint density at radius 1 is 1.23 bits per heavy atom. The lowest BCUT2D eigenvalue weighted by Gasteiger charge is -2.21. The van der Waals surface area contributed by atoms with Crippen LogP contribution in [0, 0.1) is 5.92 Å². The Bertz CT molecular complexity index is 627. The van der Waals surface area contributed by atoms with E-state index in [9.17, 15) is 18.0 Å². The summed E-state index contributed by atoms with van der Waals surface area (Å²) in [4.78, 5) is 17.5. The van der Waals surface area contributed by atoms with Crippen molar-refractivity contribution < 1.29 is 18.0 Å². The highest BCUT2D eigenvalue weighted by atomic mass is 19.4. The Morgan fingerprint density at radius 2 is 1.88 bits per heavy atom. The van der Waals surface area contributed by atoms with E-state index in [2.05, 4.69) is 15.6 Å². The number of benzene rings is 1. The van der Waals surface area contributed by atoms with Gasteiger partial charge < -0.3 is 15.5 Å². The van der Waals surface area contributed by atoms with E-state index in [4.69, 9.17) is 0 Å². The van der Waals surface area contributed by atoms with Gasteiger partial charge in [-0.05, 0) is 30.5 Å². The Hall–Kier alpha value is -2.25. The Kier molecular flexibility index (Phi) is 7.92. The van der Waals surface area contributed by atoms with Crippen molar-refractivity contribution in [1.82, 2.24) is 15.5 Å². The molecule has 5 nitrogen and oxygen atoms in total. The lowest BCUT2D eigenvalue weighted by molar-refractivity contribution is -0.137. The van der Waals surface area contributed by atoms with Crippen LogP contribution in [-0.2, 0) is 17.5 Å². The van der Waals surface area contributed by atoms with E-state index in [1.807, 2.05) is 20.8 Å². The zero-order valence-electron chi connectivity index (χ0n) is 15.8. The molecule has 0 spiro atoms. The molecule has 1 aromatic rings. The quantitative estimate of drug-likeness (QED) is 0.596. The van der Waals surface area contributed by atoms with E-state index in [0.717, 1.165) is 12.1 Å². The van der Waals surface area contributed by atoms with Crippen LogP contribution in [0.2, 0.25) is 0 Å². The van der Waals surface area contributed by atoms with Gasteiger partial charge in [-0.15, -0.1) is 0 Å². The fourth-order valence-electron chi connectivity index (χ4n) is 1.87. The summed E-state index contributed by atoms with van der Waals surface area (Å²) in [7, 11) is 3.29. The van der Waals surface area contributed by atoms with E-state index < -0.39 is 11.7 Å². The number of nitrogens with zero attached hydrogens (tertiary/aromatic N) is 2. The van der Waals surface area contributed by atoms with Gasteiger partial charge in [-0.25, -0.2) is 4.99 Å². The Labute approximate surface area is 152 Å². The molecule has 0 saturated heterocycles. The van der Waals surface area contributed by atoms with Gasteiger partial charge in [-0.1, -0.05) is 26.0 Å². The minimum absolute atomic E-state index is 0.0479. The zero-order valence-corrected chi connectivity index (χ0v) is 15.8. The molecule has 1 aromatic carbocycles. The zero-order chi connectivity index (χ0) is 19.9. The van der Waals surface area contributed by atoms with Gasteiger partial charge in [-0.3, -0.25) is 4.79 Å². The molecule has 146 valence electrons. The summed E-state index contributed by atoms with van der Waals surface area (Å²) in [5, 5.41) is 6.10. The van der Waals surface area contributed by atoms with Crippen molar-refractivity contribution in [3.05, 3.63) is 35.4 Å². The number of halogens is 3. The summed E-state index contributed by atoms with van der Waals surface area (Å²) in [6.07, 6.45) is -4.39. The maximum atomic E-state index is 12.8. The van der Waals surface area contributed by atoms with E-state index in [-0.39, 0.29) is 25.0 Å². The molecule has 0 heterocycles. The molecule has 1 unspecified atom stereocenters. The van der Waals surface area contributed by atoms with Crippen LogP contribution < -0.4 is 10.6 Å². The van der Waals surface area contributed by atoms with Crippen molar-refractivity contribution in [1.29, 1.82) is 0 Å². The number of guanidine groups is 1. The van der Waals surface area contributed by atoms with Gasteiger partial charge in [0.2, 0.25) is 5.91 Å². The smallest absolute Gasteiger partial charge is 0.354 e. The highest BCUT2D eigenvalue weighted by molar-refractivity contribution is 5.86. The van der Waals surface area contributed by atoms with E-state index in [1.165, 1.54) is 11.0 Å². The lowest BCUT2D eigenvalue weighted by Crippen LogP contribution is -2.47. The number of alkyl halides is 3. The minimum atomic E-state index is -4.39. The Balaban J connectivity index is 2.89. The standard InChI is InChI=1S/C18H27F3N4O/c1-12(2)13(3)24-17(23-11-16(26)25(4)5)22-10-14-7-6-8-15(9-14)18(19,20)21/h6-9,12-13H,10-11H2,1-5H3,(H2,22,23,24). The maximum Gasteiger partial charge on any atom is 0.416 e. The third-order valence-corrected chi connectivity index (χ3v) is 3.94. The van der Waals surface area contributed by atoms with Crippen LogP contribution in [0.15, 0.2) is 29.3 Å². The van der Waals surface area contributed by atoms with Crippen molar-refractivity contribution in [2.45, 2.75) is 39.5 Å². The second kappa shape index (κ2) is 9.45. The number of nitrogens with one attached hydrogen (secondary N) is 2. The number of hydrogen-bond donors (Lipinski definition) is 2. The lowest BCUT2D eigenvalue weighted by atomic mass is 10.1. The van der Waals surface area contributed by atoms with Crippen LogP contribution in [0.1, 0.15) is 31.9 Å². The molecule has 1 atom stereocenters. The molecule has 2 N–H and O–H groups in total. The first-order chi connectivity index (χ1) is 12.0. The molecule has 0 aliphatic rings. The molecule has 0 saturated carbocycles. The number of aliphatic imine (C=N–C) groups is 1. The predicted octanol–water partition coefficient (Wildman–Crippen LogP) is 2.87. The number of hydrogen-bond acceptors (Lipinski definition) is 2. The number of carbonyl (C=O) groups is 1. The first-order valence-corrected chi connectivity index (χ1v) is 8.42. The minimum Gasteiger partial charge on any atom is -0.354 e. The average molecular weight is 372 g/mol. The molecule has 0 bridgehead atoms. The van der Waals surface area contributed by atoms with Gasteiger partial charge in [0.15, 0.2) is 5.96 Å². The normalized spacial score (nSPS) is 13.5. The van der Waals surface area contributed by atoms with Gasteiger partial charge >= 0.3 is 6.18 Å². The van der Waals surface area contributed by atoms with Gasteiger partial charge in [0.1, 0.15) is 0 Å². The van der Waals surface area contributed by atoms with Crippen molar-refractivity contribution in [3.8, 4) is 0 Å². The van der Waals surface area contributed by atoms with Gasteiger partial charge in [0.25, 0.3) is 0 Å². The number of carbonyl (C=O) groups excluding carboxylic acids is 1. The van der Waals surface area contributed by atoms with E-state index >= 15 is 0 Å². The fraction of sp³-hybridized carbons (Fsp3) is 0.556. The number of amides is 1. The third kappa shape index (κ3) is 7.33. The molecule has 8 heteroatoms. The van der Waals surface area contributed by atoms with Crippen LogP contribution >= 0.6 is 0 Å². The molecule has 0 aromatic heterocycles. The van der Waals surface area contributed by atoms with Crippen LogP contribution in [0.25, 0.3) is 0 Å². The van der Waals surface area contributed by atoms with Gasteiger partial charge in [0, 0.05) is 20.1 Å². The van der Waals surface area contributed by atoms with Crippen molar-refractivity contribution >= 4 is 11.9 Å². The molecule has 1 amide bonds. The first-order valence-electron chi connectivity index (χ1n) is 8.42. The summed E-state index contributed by atoms with van der Waals surface area (Å²) >= 11 is 0. The van der Waals surface area contributed by atoms with Crippen molar-refractivity contribution in [2.24, 2.45) is 10.9 Å².